The number of nitrogens with one attached hydrogen (secondary N) is 1. The van der Waals surface area contributed by atoms with Crippen molar-refractivity contribution in [1.82, 2.24) is 10.3 Å². The monoisotopic (exact) mass is 184 g/mol. The zero-order valence-electron chi connectivity index (χ0n) is 7.87. The van der Waals surface area contributed by atoms with E-state index in [-0.39, 0.29) is 0 Å². The molecule has 1 heterocycles. The maximum Gasteiger partial charge on any atom is 0.0794 e. The van der Waals surface area contributed by atoms with E-state index in [1.165, 1.54) is 4.88 Å². The van der Waals surface area contributed by atoms with Gasteiger partial charge in [0.15, 0.2) is 0 Å². The van der Waals surface area contributed by atoms with Gasteiger partial charge < -0.3 is 5.32 Å². The summed E-state index contributed by atoms with van der Waals surface area (Å²) in [5.74, 6) is 0.693. The molecule has 68 valence electrons. The first kappa shape index (κ1) is 9.68. The smallest absolute Gasteiger partial charge is 0.0794 e. The summed E-state index contributed by atoms with van der Waals surface area (Å²) < 4.78 is 0. The molecule has 0 aliphatic rings. The van der Waals surface area contributed by atoms with Gasteiger partial charge in [0, 0.05) is 23.7 Å². The number of thiazole rings is 1. The maximum absolute atomic E-state index is 4.02. The molecular weight excluding hydrogens is 168 g/mol. The van der Waals surface area contributed by atoms with Crippen LogP contribution in [0, 0.1) is 5.92 Å². The molecule has 1 aromatic heterocycles. The van der Waals surface area contributed by atoms with E-state index in [0.29, 0.717) is 12.0 Å². The first-order valence-electron chi connectivity index (χ1n) is 4.31. The zero-order valence-corrected chi connectivity index (χ0v) is 8.69. The molecule has 0 aliphatic carbocycles. The molecule has 1 aromatic rings. The average molecular weight is 184 g/mol. The summed E-state index contributed by atoms with van der Waals surface area (Å²) in [6, 6.07) is 0.576. The highest BCUT2D eigenvalue weighted by atomic mass is 32.1. The summed E-state index contributed by atoms with van der Waals surface area (Å²) in [5, 5.41) is 3.45. The van der Waals surface area contributed by atoms with Crippen LogP contribution in [0.1, 0.15) is 25.6 Å². The lowest BCUT2D eigenvalue weighted by Crippen LogP contribution is -2.29. The van der Waals surface area contributed by atoms with Crippen LogP contribution in [0.5, 0.6) is 0 Å². The van der Waals surface area contributed by atoms with Crippen LogP contribution >= 0.6 is 11.3 Å². The standard InChI is InChI=1S/C9H16N2S/c1-7(2)8(3)11-5-9-4-10-6-12-9/h4,6-8,11H,5H2,1-3H3/t8-/m1/s1. The molecular formula is C9H16N2S. The maximum atomic E-state index is 4.02. The van der Waals surface area contributed by atoms with Gasteiger partial charge in [0.05, 0.1) is 5.51 Å². The second-order valence-electron chi connectivity index (χ2n) is 3.38. The van der Waals surface area contributed by atoms with Crippen molar-refractivity contribution in [2.75, 3.05) is 0 Å². The van der Waals surface area contributed by atoms with Gasteiger partial charge in [0.2, 0.25) is 0 Å². The highest BCUT2D eigenvalue weighted by Crippen LogP contribution is 2.06. The lowest BCUT2D eigenvalue weighted by molar-refractivity contribution is 0.427. The Hall–Kier alpha value is -0.410. The minimum atomic E-state index is 0.576. The van der Waals surface area contributed by atoms with Crippen molar-refractivity contribution in [3.05, 3.63) is 16.6 Å². The summed E-state index contributed by atoms with van der Waals surface area (Å²) in [6.07, 6.45) is 1.92. The van der Waals surface area contributed by atoms with E-state index in [4.69, 9.17) is 0 Å². The van der Waals surface area contributed by atoms with Crippen LogP contribution in [0.15, 0.2) is 11.7 Å². The van der Waals surface area contributed by atoms with Crippen molar-refractivity contribution < 1.29 is 0 Å². The molecule has 0 amide bonds. The van der Waals surface area contributed by atoms with Gasteiger partial charge >= 0.3 is 0 Å². The van der Waals surface area contributed by atoms with Crippen molar-refractivity contribution in [3.8, 4) is 0 Å². The van der Waals surface area contributed by atoms with E-state index < -0.39 is 0 Å². The Morgan fingerprint density at radius 1 is 1.50 bits per heavy atom. The van der Waals surface area contributed by atoms with Gasteiger partial charge in [-0.3, -0.25) is 4.98 Å². The predicted octanol–water partition coefficient (Wildman–Crippen LogP) is 2.28. The third-order valence-corrected chi connectivity index (χ3v) is 2.86. The van der Waals surface area contributed by atoms with Crippen molar-refractivity contribution in [2.45, 2.75) is 33.4 Å². The first-order valence-corrected chi connectivity index (χ1v) is 5.19. The van der Waals surface area contributed by atoms with Crippen LogP contribution in [0.25, 0.3) is 0 Å². The molecule has 0 spiro atoms. The topological polar surface area (TPSA) is 24.9 Å². The fourth-order valence-corrected chi connectivity index (χ4v) is 1.37. The highest BCUT2D eigenvalue weighted by molar-refractivity contribution is 7.09. The van der Waals surface area contributed by atoms with E-state index in [2.05, 4.69) is 31.1 Å². The Labute approximate surface area is 78.0 Å². The molecule has 0 radical (unpaired) electrons. The Balaban J connectivity index is 2.27. The molecule has 0 bridgehead atoms. The van der Waals surface area contributed by atoms with Crippen molar-refractivity contribution in [3.63, 3.8) is 0 Å². The van der Waals surface area contributed by atoms with E-state index >= 15 is 0 Å². The van der Waals surface area contributed by atoms with Crippen LogP contribution in [0.2, 0.25) is 0 Å². The van der Waals surface area contributed by atoms with Gasteiger partial charge in [-0.1, -0.05) is 13.8 Å². The first-order chi connectivity index (χ1) is 5.70. The van der Waals surface area contributed by atoms with Crippen LogP contribution in [0.3, 0.4) is 0 Å². The van der Waals surface area contributed by atoms with Crippen LogP contribution in [-0.4, -0.2) is 11.0 Å². The number of hydrogen-bond donors (Lipinski definition) is 1. The van der Waals surface area contributed by atoms with E-state index in [0.717, 1.165) is 6.54 Å². The van der Waals surface area contributed by atoms with Gasteiger partial charge in [-0.05, 0) is 12.8 Å². The molecule has 0 fully saturated rings. The van der Waals surface area contributed by atoms with E-state index in [9.17, 15) is 0 Å². The Kier molecular flexibility index (Phi) is 3.69. The number of rotatable bonds is 4. The molecule has 3 heteroatoms. The lowest BCUT2D eigenvalue weighted by atomic mass is 10.1. The number of aromatic nitrogens is 1. The Morgan fingerprint density at radius 2 is 2.25 bits per heavy atom. The van der Waals surface area contributed by atoms with Crippen molar-refractivity contribution >= 4 is 11.3 Å². The SMILES string of the molecule is CC(C)[C@@H](C)NCc1cncs1. The van der Waals surface area contributed by atoms with Gasteiger partial charge in [0.25, 0.3) is 0 Å². The van der Waals surface area contributed by atoms with Gasteiger partial charge in [0.1, 0.15) is 0 Å². The van der Waals surface area contributed by atoms with Crippen LogP contribution < -0.4 is 5.32 Å². The number of nitrogens with zero attached hydrogens (tertiary/aromatic N) is 1. The fraction of sp³-hybridized carbons (Fsp3) is 0.667. The average Bonchev–Trinajstić information content (AvgIpc) is 2.51. The summed E-state index contributed by atoms with van der Waals surface area (Å²) in [6.45, 7) is 7.62. The Bertz CT molecular complexity index is 206. The summed E-state index contributed by atoms with van der Waals surface area (Å²) in [4.78, 5) is 5.33. The second kappa shape index (κ2) is 4.58. The molecule has 0 saturated carbocycles. The van der Waals surface area contributed by atoms with E-state index in [1.807, 2.05) is 11.7 Å². The number of hydrogen-bond acceptors (Lipinski definition) is 3. The van der Waals surface area contributed by atoms with Crippen LogP contribution in [0.4, 0.5) is 0 Å². The molecule has 2 nitrogen and oxygen atoms in total. The predicted molar refractivity (Wildman–Crippen MR) is 53.3 cm³/mol. The second-order valence-corrected chi connectivity index (χ2v) is 4.35. The van der Waals surface area contributed by atoms with Gasteiger partial charge in [-0.2, -0.15) is 0 Å². The minimum absolute atomic E-state index is 0.576. The highest BCUT2D eigenvalue weighted by Gasteiger charge is 2.05. The van der Waals surface area contributed by atoms with E-state index in [1.54, 1.807) is 11.3 Å². The molecule has 0 unspecified atom stereocenters. The van der Waals surface area contributed by atoms with Gasteiger partial charge in [-0.15, -0.1) is 11.3 Å². The van der Waals surface area contributed by atoms with Crippen molar-refractivity contribution in [1.29, 1.82) is 0 Å². The molecule has 0 aliphatic heterocycles. The summed E-state index contributed by atoms with van der Waals surface area (Å²) in [7, 11) is 0. The Morgan fingerprint density at radius 3 is 2.75 bits per heavy atom. The third-order valence-electron chi connectivity index (χ3n) is 2.08. The lowest BCUT2D eigenvalue weighted by Gasteiger charge is -2.16. The molecule has 1 N–H and O–H groups in total. The quantitative estimate of drug-likeness (QED) is 0.776. The minimum Gasteiger partial charge on any atom is -0.309 e. The summed E-state index contributed by atoms with van der Waals surface area (Å²) >= 11 is 1.70. The fourth-order valence-electron chi connectivity index (χ4n) is 0.827. The van der Waals surface area contributed by atoms with Crippen molar-refractivity contribution in [2.24, 2.45) is 5.92 Å². The largest absolute Gasteiger partial charge is 0.309 e. The molecule has 0 saturated heterocycles. The zero-order chi connectivity index (χ0) is 8.97. The third kappa shape index (κ3) is 2.91. The molecule has 12 heavy (non-hydrogen) atoms. The van der Waals surface area contributed by atoms with Gasteiger partial charge in [-0.25, -0.2) is 0 Å². The molecule has 1 atom stereocenters. The van der Waals surface area contributed by atoms with Crippen LogP contribution in [-0.2, 0) is 6.54 Å². The molecule has 0 aromatic carbocycles. The normalized spacial score (nSPS) is 13.7. The molecule has 1 rings (SSSR count). The summed E-state index contributed by atoms with van der Waals surface area (Å²) in [5.41, 5.74) is 1.87.